The molecular weight excluding hydrogens is 968 g/mol. The van der Waals surface area contributed by atoms with Crippen LogP contribution >= 0.6 is 8.60 Å². The molecule has 78 heavy (non-hydrogen) atoms. The largest absolute Gasteiger partial charge is 0.460 e. The van der Waals surface area contributed by atoms with Gasteiger partial charge < -0.3 is 13.9 Å². The highest BCUT2D eigenvalue weighted by Crippen LogP contribution is 2.46. The van der Waals surface area contributed by atoms with Crippen molar-refractivity contribution in [2.24, 2.45) is 0 Å². The Morgan fingerprint density at radius 1 is 0.295 bits per heavy atom. The smallest absolute Gasteiger partial charge is 0.418 e. The number of aryl methyl sites for hydroxylation is 2. The zero-order chi connectivity index (χ0) is 56.5. The van der Waals surface area contributed by atoms with Crippen molar-refractivity contribution < 1.29 is 13.9 Å². The molecule has 0 spiro atoms. The highest BCUT2D eigenvalue weighted by molar-refractivity contribution is 7.41. The molecule has 0 radical (unpaired) electrons. The van der Waals surface area contributed by atoms with Gasteiger partial charge in [-0.2, -0.15) is 0 Å². The first-order chi connectivity index (χ1) is 38.1. The Hall–Kier alpha value is -1.57. The molecule has 454 valence electrons. The van der Waals surface area contributed by atoms with E-state index in [1.165, 1.54) is 330 Å². The van der Waals surface area contributed by atoms with E-state index in [2.05, 4.69) is 91.8 Å². The molecule has 0 bridgehead atoms. The normalized spacial score (nSPS) is 12.1. The first-order valence-corrected chi connectivity index (χ1v) is 36.3. The zero-order valence-corrected chi connectivity index (χ0v) is 54.8. The molecule has 0 saturated heterocycles. The Morgan fingerprint density at radius 2 is 0.500 bits per heavy atom. The van der Waals surface area contributed by atoms with Crippen LogP contribution in [0.5, 0.6) is 11.5 Å². The molecule has 0 aliphatic heterocycles. The van der Waals surface area contributed by atoms with E-state index >= 15 is 0 Å². The lowest BCUT2D eigenvalue weighted by Gasteiger charge is -2.30. The predicted molar refractivity (Wildman–Crippen MR) is 350 cm³/mol. The summed E-state index contributed by atoms with van der Waals surface area (Å²) in [5, 5.41) is 0. The molecule has 0 fully saturated rings. The molecule has 0 unspecified atom stereocenters. The van der Waals surface area contributed by atoms with Gasteiger partial charge in [-0.25, -0.2) is 0 Å². The fourth-order valence-corrected chi connectivity index (χ4v) is 13.0. The van der Waals surface area contributed by atoms with Crippen molar-refractivity contribution in [2.45, 2.75) is 400 Å². The highest BCUT2D eigenvalue weighted by atomic mass is 31.2. The fourth-order valence-electron chi connectivity index (χ4n) is 12.3. The van der Waals surface area contributed by atoms with E-state index in [9.17, 15) is 4.89 Å². The van der Waals surface area contributed by atoms with Crippen molar-refractivity contribution in [3.8, 4) is 11.5 Å². The third kappa shape index (κ3) is 38.3. The molecule has 0 aliphatic carbocycles. The molecule has 0 aromatic heterocycles. The van der Waals surface area contributed by atoms with Gasteiger partial charge in [0.05, 0.1) is 0 Å². The molecule has 2 rings (SSSR count). The van der Waals surface area contributed by atoms with E-state index in [1.807, 2.05) is 0 Å². The van der Waals surface area contributed by atoms with Gasteiger partial charge in [-0.1, -0.05) is 375 Å². The van der Waals surface area contributed by atoms with E-state index in [1.54, 1.807) is 0 Å². The lowest BCUT2D eigenvalue weighted by atomic mass is 9.79. The summed E-state index contributed by atoms with van der Waals surface area (Å²) in [7, 11) is -2.21. The van der Waals surface area contributed by atoms with Gasteiger partial charge in [0.2, 0.25) is 0 Å². The van der Waals surface area contributed by atoms with Gasteiger partial charge in [0.15, 0.2) is 0 Å². The average molecular weight is 1100 g/mol. The second-order valence-electron chi connectivity index (χ2n) is 26.4. The third-order valence-electron chi connectivity index (χ3n) is 17.9. The van der Waals surface area contributed by atoms with Gasteiger partial charge in [-0.05, 0) is 72.6 Å². The maximum absolute atomic E-state index is 12.1. The van der Waals surface area contributed by atoms with Crippen LogP contribution in [0.2, 0.25) is 0 Å². The highest BCUT2D eigenvalue weighted by Gasteiger charge is 2.29. The molecule has 0 atom stereocenters. The Kier molecular flexibility index (Phi) is 46.5. The van der Waals surface area contributed by atoms with Gasteiger partial charge >= 0.3 is 8.60 Å². The molecule has 0 aliphatic rings. The summed E-state index contributed by atoms with van der Waals surface area (Å²) in [6.07, 6.45) is 69.8. The van der Waals surface area contributed by atoms with Gasteiger partial charge in [0.25, 0.3) is 0 Å². The van der Waals surface area contributed by atoms with Crippen LogP contribution < -0.4 is 9.05 Å². The quantitative estimate of drug-likeness (QED) is 0.0530. The summed E-state index contributed by atoms with van der Waals surface area (Å²) in [6.45, 7) is 18.8. The van der Waals surface area contributed by atoms with E-state index in [0.717, 1.165) is 37.2 Å². The second kappa shape index (κ2) is 50.0. The molecule has 3 nitrogen and oxygen atoms in total. The minimum Gasteiger partial charge on any atom is -0.418 e. The van der Waals surface area contributed by atoms with Crippen LogP contribution in [0.4, 0.5) is 0 Å². The molecule has 4 heteroatoms. The number of hydrogen-bond acceptors (Lipinski definition) is 3. The maximum atomic E-state index is 12.1. The summed E-state index contributed by atoms with van der Waals surface area (Å²) < 4.78 is 13.5. The summed E-state index contributed by atoms with van der Waals surface area (Å²) in [6, 6.07) is 14.0. The van der Waals surface area contributed by atoms with Gasteiger partial charge in [-0.15, -0.1) is 0 Å². The Bertz CT molecular complexity index is 1500. The number of hydrogen-bond donors (Lipinski definition) is 1. The molecule has 1 N–H and O–H groups in total. The van der Waals surface area contributed by atoms with Crippen LogP contribution in [0, 0.1) is 0 Å². The van der Waals surface area contributed by atoms with Crippen LogP contribution in [-0.2, 0) is 23.7 Å². The van der Waals surface area contributed by atoms with Crippen LogP contribution in [-0.4, -0.2) is 4.89 Å². The van der Waals surface area contributed by atoms with Gasteiger partial charge in [0, 0.05) is 11.1 Å². The lowest BCUT2D eigenvalue weighted by molar-refractivity contribution is 0.360. The number of rotatable bonds is 58. The Morgan fingerprint density at radius 3 is 0.731 bits per heavy atom. The fraction of sp³-hybridized carbons (Fsp3) is 0.838. The number of unbranched alkanes of at least 4 members (excludes halogenated alkanes) is 44. The molecular formula is C74H135O3P. The van der Waals surface area contributed by atoms with Crippen molar-refractivity contribution in [1.29, 1.82) is 0 Å². The molecule has 0 saturated carbocycles. The van der Waals surface area contributed by atoms with Crippen molar-refractivity contribution >= 4 is 8.60 Å². The lowest BCUT2D eigenvalue weighted by Crippen LogP contribution is -2.19. The minimum absolute atomic E-state index is 0.0753. The molecule has 0 heterocycles. The summed E-state index contributed by atoms with van der Waals surface area (Å²) in [4.78, 5) is 12.1. The van der Waals surface area contributed by atoms with E-state index in [4.69, 9.17) is 9.05 Å². The van der Waals surface area contributed by atoms with Crippen molar-refractivity contribution in [3.05, 3.63) is 58.7 Å². The molecule has 2 aromatic rings. The standard InChI is InChI=1S/C74H135O3P/c1-9-13-17-21-25-29-33-37-41-45-49-53-57-67-59-61-69(73(5,6)63-55-51-47-43-39-35-31-27-23-19-15-11-3)71(65-67)76-78(75)77-72-66-68(58-54-50-46-42-38-34-30-26-22-18-14-10-2)60-62-70(72)74(7,8)64-56-52-48-44-40-36-32-28-24-20-16-12-4/h59-62,65-66,75H,9-58,63-64H2,1-8H3. The van der Waals surface area contributed by atoms with E-state index in [0.29, 0.717) is 0 Å². The van der Waals surface area contributed by atoms with E-state index in [-0.39, 0.29) is 10.8 Å². The minimum atomic E-state index is -2.21. The second-order valence-corrected chi connectivity index (χ2v) is 27.2. The Labute approximate surface area is 490 Å². The summed E-state index contributed by atoms with van der Waals surface area (Å²) in [5.74, 6) is 1.66. The third-order valence-corrected chi connectivity index (χ3v) is 18.6. The average Bonchev–Trinajstić information content (AvgIpc) is 3.45. The first-order valence-electron chi connectivity index (χ1n) is 35.2. The van der Waals surface area contributed by atoms with E-state index < -0.39 is 8.60 Å². The molecule has 2 aromatic carbocycles. The monoisotopic (exact) mass is 1100 g/mol. The first kappa shape index (κ1) is 72.5. The molecule has 0 amide bonds. The number of benzene rings is 2. The van der Waals surface area contributed by atoms with Gasteiger partial charge in [0.1, 0.15) is 11.5 Å². The van der Waals surface area contributed by atoms with Gasteiger partial charge in [-0.3, -0.25) is 0 Å². The predicted octanol–water partition coefficient (Wildman–Crippen LogP) is 26.6. The van der Waals surface area contributed by atoms with Crippen molar-refractivity contribution in [3.63, 3.8) is 0 Å². The van der Waals surface area contributed by atoms with Crippen LogP contribution in [0.3, 0.4) is 0 Å². The SMILES string of the molecule is CCCCCCCCCCCCCCc1ccc(C(C)(C)CCCCCCCCCCCCCC)c(OP(O)Oc2cc(CCCCCCCCCCCCCC)ccc2C(C)(C)CCCCCCCCCCCCCC)c1. The maximum Gasteiger partial charge on any atom is 0.460 e. The topological polar surface area (TPSA) is 38.7 Å². The van der Waals surface area contributed by atoms with Crippen LogP contribution in [0.15, 0.2) is 36.4 Å². The van der Waals surface area contributed by atoms with Crippen LogP contribution in [0.1, 0.15) is 399 Å². The van der Waals surface area contributed by atoms with Crippen LogP contribution in [0.25, 0.3) is 0 Å². The Balaban J connectivity index is 2.17. The van der Waals surface area contributed by atoms with Crippen molar-refractivity contribution in [2.75, 3.05) is 0 Å². The van der Waals surface area contributed by atoms with Crippen molar-refractivity contribution in [1.82, 2.24) is 0 Å². The summed E-state index contributed by atoms with van der Waals surface area (Å²) >= 11 is 0. The zero-order valence-electron chi connectivity index (χ0n) is 53.9. The summed E-state index contributed by atoms with van der Waals surface area (Å²) in [5.41, 5.74) is 4.91.